The molecule has 0 aliphatic carbocycles. The number of nitrogens with one attached hydrogen (secondary N) is 2. The van der Waals surface area contributed by atoms with Gasteiger partial charge >= 0.3 is 5.97 Å². The van der Waals surface area contributed by atoms with E-state index in [9.17, 15) is 9.59 Å². The quantitative estimate of drug-likeness (QED) is 0.435. The van der Waals surface area contributed by atoms with Crippen LogP contribution in [0.5, 0.6) is 0 Å². The number of carbonyl (C=O) groups is 4. The molecule has 2 aliphatic rings. The van der Waals surface area contributed by atoms with Gasteiger partial charge in [-0.25, -0.2) is 4.79 Å². The zero-order valence-electron chi connectivity index (χ0n) is 19.5. The summed E-state index contributed by atoms with van der Waals surface area (Å²) in [6.07, 6.45) is 3.58. The third-order valence-electron chi connectivity index (χ3n) is 5.62. The minimum absolute atomic E-state index is 0.00566. The number of amides is 1. The highest BCUT2D eigenvalue weighted by molar-refractivity contribution is 5.88. The summed E-state index contributed by atoms with van der Waals surface area (Å²) in [4.78, 5) is 43.6. The number of carboxylic acids is 3. The van der Waals surface area contributed by atoms with Gasteiger partial charge in [0.25, 0.3) is 11.9 Å². The van der Waals surface area contributed by atoms with E-state index < -0.39 is 17.9 Å². The topological polar surface area (TPSA) is 156 Å². The lowest BCUT2D eigenvalue weighted by Gasteiger charge is -2.33. The highest BCUT2D eigenvalue weighted by Gasteiger charge is 2.39. The van der Waals surface area contributed by atoms with Gasteiger partial charge in [-0.1, -0.05) is 6.07 Å². The number of benzene rings is 1. The van der Waals surface area contributed by atoms with E-state index in [0.717, 1.165) is 51.2 Å². The van der Waals surface area contributed by atoms with E-state index in [4.69, 9.17) is 24.9 Å². The van der Waals surface area contributed by atoms with Crippen LogP contribution in [0, 0.1) is 12.3 Å². The molecular weight excluding hydrogens is 430 g/mol. The number of aryl methyl sites for hydroxylation is 1. The first-order valence-electron chi connectivity index (χ1n) is 10.9. The lowest BCUT2D eigenvalue weighted by molar-refractivity contribution is -0.135. The Kier molecular flexibility index (Phi) is 11.5. The Labute approximate surface area is 194 Å². The molecule has 184 valence electrons. The predicted octanol–water partition coefficient (Wildman–Crippen LogP) is 1.57. The maximum absolute atomic E-state index is 12.3. The largest absolute Gasteiger partial charge is 0.481 e. The van der Waals surface area contributed by atoms with Gasteiger partial charge in [-0.15, -0.1) is 0 Å². The second-order valence-corrected chi connectivity index (χ2v) is 8.47. The smallest absolute Gasteiger partial charge is 0.335 e. The van der Waals surface area contributed by atoms with Gasteiger partial charge in [0, 0.05) is 26.9 Å². The van der Waals surface area contributed by atoms with Crippen molar-refractivity contribution in [2.24, 2.45) is 5.41 Å². The fourth-order valence-electron chi connectivity index (χ4n) is 3.98. The average Bonchev–Trinajstić information content (AvgIpc) is 3.08. The van der Waals surface area contributed by atoms with E-state index in [1.165, 1.54) is 19.3 Å². The lowest BCUT2D eigenvalue weighted by Crippen LogP contribution is -2.41. The second kappa shape index (κ2) is 13.5. The van der Waals surface area contributed by atoms with E-state index >= 15 is 0 Å². The minimum Gasteiger partial charge on any atom is -0.481 e. The Balaban J connectivity index is 0.000000591. The third-order valence-corrected chi connectivity index (χ3v) is 5.62. The Morgan fingerprint density at radius 3 is 2.15 bits per heavy atom. The first-order chi connectivity index (χ1) is 15.4. The molecule has 0 radical (unpaired) electrons. The monoisotopic (exact) mass is 465 g/mol. The van der Waals surface area contributed by atoms with E-state index in [1.807, 2.05) is 6.92 Å². The summed E-state index contributed by atoms with van der Waals surface area (Å²) in [6, 6.07) is 5.01. The van der Waals surface area contributed by atoms with Crippen molar-refractivity contribution >= 4 is 23.8 Å². The molecule has 10 heteroatoms. The SMILES string of the molecule is CC(=O)O.CC(=O)O.Cc1ccc(C(=O)O)cc1CNC(=O)CN1CCC2(CCNCC2)C1. The van der Waals surface area contributed by atoms with Gasteiger partial charge in [0.15, 0.2) is 0 Å². The maximum atomic E-state index is 12.3. The zero-order valence-corrected chi connectivity index (χ0v) is 19.5. The van der Waals surface area contributed by atoms with E-state index in [1.54, 1.807) is 18.2 Å². The molecule has 10 nitrogen and oxygen atoms in total. The van der Waals surface area contributed by atoms with Crippen LogP contribution in [0.1, 0.15) is 54.6 Å². The second-order valence-electron chi connectivity index (χ2n) is 8.47. The average molecular weight is 466 g/mol. The summed E-state index contributed by atoms with van der Waals surface area (Å²) in [5.41, 5.74) is 2.49. The van der Waals surface area contributed by atoms with Crippen molar-refractivity contribution in [3.63, 3.8) is 0 Å². The van der Waals surface area contributed by atoms with Crippen LogP contribution in [0.4, 0.5) is 0 Å². The molecule has 1 spiro atoms. The zero-order chi connectivity index (χ0) is 25.0. The molecule has 3 rings (SSSR count). The summed E-state index contributed by atoms with van der Waals surface area (Å²) in [7, 11) is 0. The van der Waals surface area contributed by atoms with Crippen molar-refractivity contribution in [3.05, 3.63) is 34.9 Å². The van der Waals surface area contributed by atoms with Crippen molar-refractivity contribution in [3.8, 4) is 0 Å². The number of rotatable bonds is 5. The molecule has 0 aromatic heterocycles. The highest BCUT2D eigenvalue weighted by Crippen LogP contribution is 2.38. The molecule has 1 aromatic rings. The van der Waals surface area contributed by atoms with Crippen LogP contribution >= 0.6 is 0 Å². The molecule has 2 aliphatic heterocycles. The fraction of sp³-hybridized carbons (Fsp3) is 0.565. The molecule has 0 atom stereocenters. The number of aliphatic carboxylic acids is 2. The Hall–Kier alpha value is -2.98. The molecule has 2 heterocycles. The maximum Gasteiger partial charge on any atom is 0.335 e. The first-order valence-corrected chi connectivity index (χ1v) is 10.9. The van der Waals surface area contributed by atoms with Crippen LogP contribution in [0.15, 0.2) is 18.2 Å². The Morgan fingerprint density at radius 1 is 1.03 bits per heavy atom. The molecular formula is C23H35N3O7. The number of nitrogens with zero attached hydrogens (tertiary/aromatic N) is 1. The summed E-state index contributed by atoms with van der Waals surface area (Å²) >= 11 is 0. The number of carbonyl (C=O) groups excluding carboxylic acids is 1. The van der Waals surface area contributed by atoms with Crippen molar-refractivity contribution in [1.29, 1.82) is 0 Å². The van der Waals surface area contributed by atoms with Gasteiger partial charge in [-0.2, -0.15) is 0 Å². The van der Waals surface area contributed by atoms with Gasteiger partial charge in [-0.3, -0.25) is 19.3 Å². The molecule has 1 aromatic carbocycles. The molecule has 2 saturated heterocycles. The van der Waals surface area contributed by atoms with E-state index in [-0.39, 0.29) is 11.5 Å². The van der Waals surface area contributed by atoms with Crippen molar-refractivity contribution < 1.29 is 34.5 Å². The normalized spacial score (nSPS) is 16.6. The molecule has 5 N–H and O–H groups in total. The third kappa shape index (κ3) is 10.9. The Bertz CT molecular complexity index is 815. The van der Waals surface area contributed by atoms with Gasteiger partial charge in [-0.05, 0) is 74.5 Å². The van der Waals surface area contributed by atoms with Crippen LogP contribution in [0.2, 0.25) is 0 Å². The molecule has 33 heavy (non-hydrogen) atoms. The number of hydrogen-bond donors (Lipinski definition) is 5. The van der Waals surface area contributed by atoms with Crippen LogP contribution in [0.3, 0.4) is 0 Å². The van der Waals surface area contributed by atoms with E-state index in [0.29, 0.717) is 18.5 Å². The standard InChI is InChI=1S/C19H27N3O3.2C2H4O2/c1-14-2-3-15(18(24)25)10-16(14)11-21-17(23)12-22-9-6-19(13-22)4-7-20-8-5-19;2*1-2(3)4/h2-3,10,20H,4-9,11-13H2,1H3,(H,21,23)(H,24,25);2*1H3,(H,3,4). The summed E-state index contributed by atoms with van der Waals surface area (Å²) < 4.78 is 0. The first kappa shape index (κ1) is 28.1. The molecule has 0 bridgehead atoms. The van der Waals surface area contributed by atoms with Gasteiger partial charge < -0.3 is 26.0 Å². The van der Waals surface area contributed by atoms with Crippen molar-refractivity contribution in [2.75, 3.05) is 32.7 Å². The van der Waals surface area contributed by atoms with Crippen LogP contribution < -0.4 is 10.6 Å². The number of likely N-dealkylation sites (tertiary alicyclic amines) is 1. The number of carboxylic acid groups (broad SMARTS) is 3. The minimum atomic E-state index is -0.947. The molecule has 0 saturated carbocycles. The fourth-order valence-corrected chi connectivity index (χ4v) is 3.98. The summed E-state index contributed by atoms with van der Waals surface area (Å²) in [5, 5.41) is 30.3. The molecule has 2 fully saturated rings. The van der Waals surface area contributed by atoms with Gasteiger partial charge in [0.1, 0.15) is 0 Å². The van der Waals surface area contributed by atoms with Crippen molar-refractivity contribution in [1.82, 2.24) is 15.5 Å². The van der Waals surface area contributed by atoms with Gasteiger partial charge in [0.2, 0.25) is 5.91 Å². The van der Waals surface area contributed by atoms with Crippen LogP contribution in [-0.2, 0) is 20.9 Å². The lowest BCUT2D eigenvalue weighted by atomic mass is 9.78. The molecule has 1 amide bonds. The Morgan fingerprint density at radius 2 is 1.61 bits per heavy atom. The summed E-state index contributed by atoms with van der Waals surface area (Å²) in [6.45, 7) is 9.05. The molecule has 0 unspecified atom stereocenters. The van der Waals surface area contributed by atoms with Gasteiger partial charge in [0.05, 0.1) is 12.1 Å². The van der Waals surface area contributed by atoms with Crippen LogP contribution in [0.25, 0.3) is 0 Å². The number of aromatic carboxylic acids is 1. The number of hydrogen-bond acceptors (Lipinski definition) is 6. The highest BCUT2D eigenvalue weighted by atomic mass is 16.4. The number of piperidine rings is 1. The van der Waals surface area contributed by atoms with Crippen molar-refractivity contribution in [2.45, 2.75) is 46.6 Å². The predicted molar refractivity (Wildman–Crippen MR) is 122 cm³/mol. The van der Waals surface area contributed by atoms with E-state index in [2.05, 4.69) is 15.5 Å². The van der Waals surface area contributed by atoms with Crippen LogP contribution in [-0.4, -0.2) is 76.8 Å². The summed E-state index contributed by atoms with van der Waals surface area (Å²) in [5.74, 6) is -2.61.